The number of amides is 1. The molecule has 1 aromatic heterocycles. The van der Waals surface area contributed by atoms with E-state index in [2.05, 4.69) is 19.9 Å². The average molecular weight is 450 g/mol. The first-order chi connectivity index (χ1) is 14.5. The summed E-state index contributed by atoms with van der Waals surface area (Å²) in [4.78, 5) is 16.4. The van der Waals surface area contributed by atoms with Crippen molar-refractivity contribution in [3.63, 3.8) is 0 Å². The van der Waals surface area contributed by atoms with Gasteiger partial charge in [-0.3, -0.25) is 9.69 Å². The highest BCUT2D eigenvalue weighted by atomic mass is 32.9. The van der Waals surface area contributed by atoms with E-state index in [0.717, 1.165) is 36.3 Å². The Balaban J connectivity index is 1.48. The minimum atomic E-state index is -0.494. The lowest BCUT2D eigenvalue weighted by Crippen LogP contribution is -2.49. The first kappa shape index (κ1) is 19.4. The number of hydrogen-bond donors (Lipinski definition) is 0. The Bertz CT molecular complexity index is 1340. The molecule has 0 fully saturated rings. The van der Waals surface area contributed by atoms with Crippen LogP contribution in [0.1, 0.15) is 18.7 Å². The molecule has 1 amide bonds. The quantitative estimate of drug-likeness (QED) is 0.249. The van der Waals surface area contributed by atoms with Gasteiger partial charge in [0.25, 0.3) is 5.91 Å². The third-order valence-electron chi connectivity index (χ3n) is 5.49. The molecule has 0 aliphatic carbocycles. The molecule has 0 radical (unpaired) electrons. The zero-order chi connectivity index (χ0) is 20.9. The SMILES string of the molecule is CC1(C)c2ssc(=S)c2-c2ccccc2N1C(=O)COc1ccc2ccccc2c1. The third-order valence-corrected chi connectivity index (χ3v) is 8.82. The van der Waals surface area contributed by atoms with Crippen molar-refractivity contribution >= 4 is 55.3 Å². The molecule has 1 aliphatic heterocycles. The van der Waals surface area contributed by atoms with Gasteiger partial charge in [0.1, 0.15) is 9.57 Å². The molecule has 0 atom stereocenters. The molecule has 2 heterocycles. The summed E-state index contributed by atoms with van der Waals surface area (Å²) >= 11 is 5.61. The molecule has 0 saturated heterocycles. The number of fused-ring (bicyclic) bond motifs is 4. The van der Waals surface area contributed by atoms with Gasteiger partial charge in [0, 0.05) is 11.1 Å². The molecule has 3 aromatic carbocycles. The van der Waals surface area contributed by atoms with Crippen molar-refractivity contribution in [2.24, 2.45) is 0 Å². The number of carbonyl (C=O) groups is 1. The molecule has 1 aliphatic rings. The maximum Gasteiger partial charge on any atom is 0.265 e. The van der Waals surface area contributed by atoms with Crippen LogP contribution in [0.4, 0.5) is 5.69 Å². The molecule has 0 bridgehead atoms. The van der Waals surface area contributed by atoms with Gasteiger partial charge in [0.2, 0.25) is 0 Å². The molecular weight excluding hydrogens is 430 g/mol. The molecule has 30 heavy (non-hydrogen) atoms. The predicted octanol–water partition coefficient (Wildman–Crippen LogP) is 7.02. The largest absolute Gasteiger partial charge is 0.484 e. The lowest BCUT2D eigenvalue weighted by atomic mass is 9.87. The molecule has 150 valence electrons. The van der Waals surface area contributed by atoms with Crippen LogP contribution in [-0.2, 0) is 10.3 Å². The first-order valence-electron chi connectivity index (χ1n) is 9.64. The highest BCUT2D eigenvalue weighted by molar-refractivity contribution is 7.80. The normalized spacial score (nSPS) is 14.3. The van der Waals surface area contributed by atoms with Crippen LogP contribution >= 0.6 is 32.9 Å². The fourth-order valence-electron chi connectivity index (χ4n) is 4.09. The van der Waals surface area contributed by atoms with Gasteiger partial charge in [-0.15, -0.1) is 0 Å². The lowest BCUT2D eigenvalue weighted by molar-refractivity contribution is -0.121. The molecule has 0 saturated carbocycles. The summed E-state index contributed by atoms with van der Waals surface area (Å²) < 4.78 is 6.81. The van der Waals surface area contributed by atoms with Gasteiger partial charge >= 0.3 is 0 Å². The molecule has 3 nitrogen and oxygen atoms in total. The number of rotatable bonds is 3. The number of para-hydroxylation sites is 1. The van der Waals surface area contributed by atoms with Crippen molar-refractivity contribution in [1.29, 1.82) is 0 Å². The Labute approximate surface area is 187 Å². The zero-order valence-electron chi connectivity index (χ0n) is 16.5. The van der Waals surface area contributed by atoms with Crippen molar-refractivity contribution < 1.29 is 9.53 Å². The summed E-state index contributed by atoms with van der Waals surface area (Å²) in [6, 6.07) is 22.0. The smallest absolute Gasteiger partial charge is 0.265 e. The van der Waals surface area contributed by atoms with Crippen LogP contribution in [0, 0.1) is 3.82 Å². The van der Waals surface area contributed by atoms with E-state index in [4.69, 9.17) is 17.0 Å². The van der Waals surface area contributed by atoms with Crippen molar-refractivity contribution in [2.75, 3.05) is 11.5 Å². The fourth-order valence-corrected chi connectivity index (χ4v) is 7.37. The van der Waals surface area contributed by atoms with Gasteiger partial charge < -0.3 is 4.74 Å². The highest BCUT2D eigenvalue weighted by Gasteiger charge is 2.42. The summed E-state index contributed by atoms with van der Waals surface area (Å²) in [7, 11) is 3.26. The summed E-state index contributed by atoms with van der Waals surface area (Å²) in [5.74, 6) is 0.618. The number of ether oxygens (including phenoxy) is 1. The topological polar surface area (TPSA) is 29.5 Å². The number of anilines is 1. The van der Waals surface area contributed by atoms with E-state index in [1.807, 2.05) is 65.6 Å². The van der Waals surface area contributed by atoms with Gasteiger partial charge in [-0.1, -0.05) is 81.4 Å². The number of carbonyl (C=O) groups excluding carboxylic acids is 1. The minimum Gasteiger partial charge on any atom is -0.484 e. The number of hydrogen-bond acceptors (Lipinski definition) is 5. The molecule has 0 N–H and O–H groups in total. The monoisotopic (exact) mass is 449 g/mol. The standard InChI is InChI=1S/C24H19NO2S3/c1-24(2)22-21(23(28)30-29-22)18-9-5-6-10-19(18)25(24)20(26)14-27-17-12-11-15-7-3-4-8-16(15)13-17/h3-13H,14H2,1-2H3. The number of benzene rings is 3. The molecular formula is C24H19NO2S3. The highest BCUT2D eigenvalue weighted by Crippen LogP contribution is 2.51. The maximum atomic E-state index is 13.4. The molecule has 5 rings (SSSR count). The van der Waals surface area contributed by atoms with Gasteiger partial charge in [-0.05, 0) is 42.8 Å². The fraction of sp³-hybridized carbons (Fsp3) is 0.167. The van der Waals surface area contributed by atoms with Crippen LogP contribution < -0.4 is 9.64 Å². The average Bonchev–Trinajstić information content (AvgIpc) is 3.15. The maximum absolute atomic E-state index is 13.4. The van der Waals surface area contributed by atoms with E-state index >= 15 is 0 Å². The second kappa shape index (κ2) is 7.30. The summed E-state index contributed by atoms with van der Waals surface area (Å²) in [5, 5.41) is 2.24. The van der Waals surface area contributed by atoms with Gasteiger partial charge in [0.15, 0.2) is 6.61 Å². The van der Waals surface area contributed by atoms with Crippen molar-refractivity contribution in [2.45, 2.75) is 19.4 Å². The van der Waals surface area contributed by atoms with E-state index in [0.29, 0.717) is 5.75 Å². The van der Waals surface area contributed by atoms with Crippen LogP contribution in [0.25, 0.3) is 21.9 Å². The van der Waals surface area contributed by atoms with E-state index in [-0.39, 0.29) is 12.5 Å². The van der Waals surface area contributed by atoms with E-state index in [9.17, 15) is 4.79 Å². The second-order valence-electron chi connectivity index (χ2n) is 7.76. The minimum absolute atomic E-state index is 0.0268. The Hall–Kier alpha value is -2.54. The number of nitrogens with zero attached hydrogens (tertiary/aromatic N) is 1. The molecule has 6 heteroatoms. The second-order valence-corrected chi connectivity index (χ2v) is 10.6. The third kappa shape index (κ3) is 3.07. The van der Waals surface area contributed by atoms with Crippen molar-refractivity contribution in [1.82, 2.24) is 0 Å². The van der Waals surface area contributed by atoms with Crippen LogP contribution in [0.15, 0.2) is 66.7 Å². The summed E-state index contributed by atoms with van der Waals surface area (Å²) in [6.45, 7) is 4.13. The molecule has 4 aromatic rings. The van der Waals surface area contributed by atoms with Crippen molar-refractivity contribution in [3.05, 3.63) is 75.4 Å². The van der Waals surface area contributed by atoms with Crippen LogP contribution in [0.5, 0.6) is 5.75 Å². The predicted molar refractivity (Wildman–Crippen MR) is 128 cm³/mol. The summed E-state index contributed by atoms with van der Waals surface area (Å²) in [6.07, 6.45) is 0. The van der Waals surface area contributed by atoms with Crippen LogP contribution in [0.3, 0.4) is 0 Å². The Morgan fingerprint density at radius 3 is 2.57 bits per heavy atom. The van der Waals surface area contributed by atoms with Crippen molar-refractivity contribution in [3.8, 4) is 16.9 Å². The van der Waals surface area contributed by atoms with Crippen LogP contribution in [0.2, 0.25) is 0 Å². The van der Waals surface area contributed by atoms with Gasteiger partial charge in [-0.25, -0.2) is 0 Å². The lowest BCUT2D eigenvalue weighted by Gasteiger charge is -2.42. The zero-order valence-corrected chi connectivity index (χ0v) is 19.0. The van der Waals surface area contributed by atoms with Gasteiger partial charge in [-0.2, -0.15) is 0 Å². The Morgan fingerprint density at radius 1 is 1.00 bits per heavy atom. The first-order valence-corrected chi connectivity index (χ1v) is 12.2. The Morgan fingerprint density at radius 2 is 1.73 bits per heavy atom. The van der Waals surface area contributed by atoms with E-state index in [1.165, 1.54) is 0 Å². The van der Waals surface area contributed by atoms with Crippen LogP contribution in [-0.4, -0.2) is 12.5 Å². The van der Waals surface area contributed by atoms with E-state index < -0.39 is 5.54 Å². The summed E-state index contributed by atoms with van der Waals surface area (Å²) in [5.41, 5.74) is 2.51. The van der Waals surface area contributed by atoms with E-state index in [1.54, 1.807) is 20.7 Å². The molecule has 0 spiro atoms. The molecule has 0 unspecified atom stereocenters. The Kier molecular flexibility index (Phi) is 4.73. The van der Waals surface area contributed by atoms with Gasteiger partial charge in [0.05, 0.1) is 16.1 Å².